The summed E-state index contributed by atoms with van der Waals surface area (Å²) in [5.74, 6) is 0.768. The summed E-state index contributed by atoms with van der Waals surface area (Å²) in [5.41, 5.74) is 2.90. The van der Waals surface area contributed by atoms with E-state index in [4.69, 9.17) is 4.52 Å². The Labute approximate surface area is 170 Å². The van der Waals surface area contributed by atoms with Crippen LogP contribution in [0.1, 0.15) is 59.5 Å². The molecule has 2 fully saturated rings. The van der Waals surface area contributed by atoms with Gasteiger partial charge in [0.1, 0.15) is 11.6 Å². The molecule has 5 nitrogen and oxygen atoms in total. The maximum Gasteiger partial charge on any atom is 0.276 e. The number of nitrogens with zero attached hydrogens (tertiary/aromatic N) is 3. The first-order valence-electron chi connectivity index (χ1n) is 10.9. The van der Waals surface area contributed by atoms with Gasteiger partial charge < -0.3 is 9.42 Å². The molecule has 3 aliphatic rings. The van der Waals surface area contributed by atoms with Gasteiger partial charge in [-0.1, -0.05) is 17.3 Å². The zero-order valence-corrected chi connectivity index (χ0v) is 16.8. The fourth-order valence-corrected chi connectivity index (χ4v) is 5.44. The van der Waals surface area contributed by atoms with Crippen LogP contribution in [0.25, 0.3) is 0 Å². The number of amides is 1. The number of halogens is 1. The van der Waals surface area contributed by atoms with Crippen molar-refractivity contribution in [2.45, 2.75) is 51.5 Å². The second-order valence-corrected chi connectivity index (χ2v) is 9.06. The molecule has 0 N–H and O–H groups in total. The first-order valence-corrected chi connectivity index (χ1v) is 10.9. The largest absolute Gasteiger partial charge is 0.360 e. The molecule has 1 amide bonds. The zero-order valence-electron chi connectivity index (χ0n) is 16.8. The number of hydrogen-bond donors (Lipinski definition) is 0. The number of rotatable bonds is 3. The van der Waals surface area contributed by atoms with Crippen LogP contribution in [0.15, 0.2) is 28.8 Å². The lowest BCUT2D eigenvalue weighted by Crippen LogP contribution is -2.45. The number of carbonyl (C=O) groups excluding carboxylic acids is 1. The van der Waals surface area contributed by atoms with Crippen molar-refractivity contribution in [3.8, 4) is 0 Å². The van der Waals surface area contributed by atoms with Gasteiger partial charge in [0.05, 0.1) is 0 Å². The summed E-state index contributed by atoms with van der Waals surface area (Å²) >= 11 is 0. The van der Waals surface area contributed by atoms with Gasteiger partial charge in [-0.05, 0) is 62.8 Å². The van der Waals surface area contributed by atoms with E-state index in [1.165, 1.54) is 12.1 Å². The van der Waals surface area contributed by atoms with Crippen LogP contribution in [0.5, 0.6) is 0 Å². The summed E-state index contributed by atoms with van der Waals surface area (Å²) in [6, 6.07) is 6.80. The minimum atomic E-state index is -0.191. The van der Waals surface area contributed by atoms with Crippen LogP contribution < -0.4 is 0 Å². The Morgan fingerprint density at radius 1 is 1.07 bits per heavy atom. The lowest BCUT2D eigenvalue weighted by atomic mass is 9.79. The van der Waals surface area contributed by atoms with Gasteiger partial charge in [0.15, 0.2) is 5.69 Å². The van der Waals surface area contributed by atoms with Crippen LogP contribution in [0.3, 0.4) is 0 Å². The topological polar surface area (TPSA) is 49.6 Å². The number of likely N-dealkylation sites (tertiary alicyclic amines) is 2. The number of aryl methyl sites for hydroxylation is 1. The van der Waals surface area contributed by atoms with Crippen molar-refractivity contribution >= 4 is 5.91 Å². The molecule has 29 heavy (non-hydrogen) atoms. The summed E-state index contributed by atoms with van der Waals surface area (Å²) in [6.45, 7) is 4.49. The van der Waals surface area contributed by atoms with Crippen LogP contribution in [0.4, 0.5) is 4.39 Å². The highest BCUT2D eigenvalue weighted by Crippen LogP contribution is 2.40. The third-order valence-corrected chi connectivity index (χ3v) is 6.94. The van der Waals surface area contributed by atoms with E-state index in [1.54, 1.807) is 0 Å². The highest BCUT2D eigenvalue weighted by molar-refractivity contribution is 5.94. The zero-order chi connectivity index (χ0) is 19.8. The van der Waals surface area contributed by atoms with E-state index in [2.05, 4.69) is 10.1 Å². The number of hydrogen-bond acceptors (Lipinski definition) is 4. The fraction of sp³-hybridized carbons (Fsp3) is 0.565. The normalized spacial score (nSPS) is 24.8. The molecule has 0 unspecified atom stereocenters. The molecule has 3 heterocycles. The number of benzene rings is 1. The molecular weight excluding hydrogens is 369 g/mol. The molecule has 2 aromatic rings. The van der Waals surface area contributed by atoms with Crippen LogP contribution in [-0.2, 0) is 19.4 Å². The van der Waals surface area contributed by atoms with Gasteiger partial charge in [0, 0.05) is 43.6 Å². The smallest absolute Gasteiger partial charge is 0.276 e. The van der Waals surface area contributed by atoms with E-state index in [0.29, 0.717) is 5.69 Å². The van der Waals surface area contributed by atoms with Crippen LogP contribution in [0.2, 0.25) is 0 Å². The lowest BCUT2D eigenvalue weighted by Gasteiger charge is -2.40. The standard InChI is InChI=1S/C23H28FN3O2/c24-18-8-6-17(7-9-18)14-26-12-3-10-23(15-26)11-13-27(16-23)22(28)21-19-4-1-2-5-20(19)29-25-21/h6-9H,1-5,10-16H2/t23-/m0/s1. The van der Waals surface area contributed by atoms with Gasteiger partial charge in [-0.2, -0.15) is 0 Å². The molecule has 2 aliphatic heterocycles. The predicted octanol–water partition coefficient (Wildman–Crippen LogP) is 3.82. The average molecular weight is 397 g/mol. The molecule has 1 aliphatic carbocycles. The van der Waals surface area contributed by atoms with E-state index in [9.17, 15) is 9.18 Å². The quantitative estimate of drug-likeness (QED) is 0.790. The summed E-state index contributed by atoms with van der Waals surface area (Å²) in [5, 5.41) is 4.15. The van der Waals surface area contributed by atoms with Crippen molar-refractivity contribution in [1.29, 1.82) is 0 Å². The molecule has 154 valence electrons. The molecule has 5 rings (SSSR count). The molecule has 0 radical (unpaired) electrons. The van der Waals surface area contributed by atoms with Crippen LogP contribution in [-0.4, -0.2) is 47.0 Å². The van der Waals surface area contributed by atoms with Crippen LogP contribution >= 0.6 is 0 Å². The van der Waals surface area contributed by atoms with Gasteiger partial charge in [-0.25, -0.2) is 4.39 Å². The molecule has 1 aromatic heterocycles. The van der Waals surface area contributed by atoms with Gasteiger partial charge in [-0.3, -0.25) is 9.69 Å². The Balaban J connectivity index is 1.26. The number of fused-ring (bicyclic) bond motifs is 1. The first-order chi connectivity index (χ1) is 14.1. The van der Waals surface area contributed by atoms with Gasteiger partial charge in [0.25, 0.3) is 5.91 Å². The van der Waals surface area contributed by atoms with E-state index in [1.807, 2.05) is 17.0 Å². The second kappa shape index (κ2) is 7.56. The van der Waals surface area contributed by atoms with Crippen molar-refractivity contribution in [3.05, 3.63) is 52.7 Å². The fourth-order valence-electron chi connectivity index (χ4n) is 5.44. The maximum atomic E-state index is 13.2. The highest BCUT2D eigenvalue weighted by Gasteiger charge is 2.43. The third-order valence-electron chi connectivity index (χ3n) is 6.94. The summed E-state index contributed by atoms with van der Waals surface area (Å²) in [7, 11) is 0. The molecule has 1 spiro atoms. The van der Waals surface area contributed by atoms with Crippen LogP contribution in [0, 0.1) is 11.2 Å². The average Bonchev–Trinajstić information content (AvgIpc) is 3.34. The minimum Gasteiger partial charge on any atom is -0.360 e. The molecule has 0 bridgehead atoms. The Morgan fingerprint density at radius 2 is 1.90 bits per heavy atom. The van der Waals surface area contributed by atoms with Crippen molar-refractivity contribution in [2.24, 2.45) is 5.41 Å². The lowest BCUT2D eigenvalue weighted by molar-refractivity contribution is 0.0667. The van der Waals surface area contributed by atoms with E-state index in [-0.39, 0.29) is 17.1 Å². The van der Waals surface area contributed by atoms with E-state index < -0.39 is 0 Å². The summed E-state index contributed by atoms with van der Waals surface area (Å²) in [4.78, 5) is 17.6. The Hall–Kier alpha value is -2.21. The SMILES string of the molecule is O=C(c1noc2c1CCCC2)N1CC[C@]2(CCCN(Cc3ccc(F)cc3)C2)C1. The Kier molecular flexibility index (Phi) is 4.90. The molecule has 1 atom stereocenters. The summed E-state index contributed by atoms with van der Waals surface area (Å²) in [6.07, 6.45) is 7.38. The monoisotopic (exact) mass is 397 g/mol. The van der Waals surface area contributed by atoms with Crippen molar-refractivity contribution in [3.63, 3.8) is 0 Å². The Bertz CT molecular complexity index is 894. The van der Waals surface area contributed by atoms with Crippen molar-refractivity contribution in [1.82, 2.24) is 15.0 Å². The number of piperidine rings is 1. The highest BCUT2D eigenvalue weighted by atomic mass is 19.1. The first kappa shape index (κ1) is 18.8. The molecule has 2 saturated heterocycles. The van der Waals surface area contributed by atoms with Crippen molar-refractivity contribution in [2.75, 3.05) is 26.2 Å². The predicted molar refractivity (Wildman–Crippen MR) is 107 cm³/mol. The number of carbonyl (C=O) groups is 1. The van der Waals surface area contributed by atoms with E-state index in [0.717, 1.165) is 94.6 Å². The summed E-state index contributed by atoms with van der Waals surface area (Å²) < 4.78 is 18.6. The van der Waals surface area contributed by atoms with Gasteiger partial charge >= 0.3 is 0 Å². The molecule has 0 saturated carbocycles. The maximum absolute atomic E-state index is 13.2. The minimum absolute atomic E-state index is 0.0458. The van der Waals surface area contributed by atoms with E-state index >= 15 is 0 Å². The van der Waals surface area contributed by atoms with Gasteiger partial charge in [0.2, 0.25) is 0 Å². The Morgan fingerprint density at radius 3 is 2.76 bits per heavy atom. The number of aromatic nitrogens is 1. The second-order valence-electron chi connectivity index (χ2n) is 9.06. The molecule has 6 heteroatoms. The third kappa shape index (κ3) is 3.70. The molecular formula is C23H28FN3O2. The van der Waals surface area contributed by atoms with Gasteiger partial charge in [-0.15, -0.1) is 0 Å². The molecule has 1 aromatic carbocycles. The van der Waals surface area contributed by atoms with Crippen molar-refractivity contribution < 1.29 is 13.7 Å².